The smallest absolute Gasteiger partial charge is 0.225 e. The van der Waals surface area contributed by atoms with Crippen LogP contribution in [-0.2, 0) is 9.53 Å². The van der Waals surface area contributed by atoms with Crippen molar-refractivity contribution in [3.63, 3.8) is 0 Å². The van der Waals surface area contributed by atoms with E-state index in [0.29, 0.717) is 29.4 Å². The van der Waals surface area contributed by atoms with E-state index in [2.05, 4.69) is 10.2 Å². The fraction of sp³-hybridized carbons (Fsp3) is 0.500. The number of nitrogen functional groups attached to an aromatic ring is 1. The molecule has 1 aromatic rings. The summed E-state index contributed by atoms with van der Waals surface area (Å²) in [7, 11) is 3.67. The first-order valence-corrected chi connectivity index (χ1v) is 6.93. The Labute approximate surface area is 125 Å². The predicted molar refractivity (Wildman–Crippen MR) is 83.1 cm³/mol. The van der Waals surface area contributed by atoms with Crippen LogP contribution in [0.5, 0.6) is 0 Å². The number of carbonyl (C=O) groups is 1. The second-order valence-corrected chi connectivity index (χ2v) is 5.12. The van der Waals surface area contributed by atoms with Crippen LogP contribution in [0.3, 0.4) is 0 Å². The highest BCUT2D eigenvalue weighted by Gasteiger charge is 2.07. The number of rotatable bonds is 8. The maximum absolute atomic E-state index is 11.8. The Morgan fingerprint density at radius 3 is 2.90 bits per heavy atom. The maximum atomic E-state index is 11.8. The van der Waals surface area contributed by atoms with E-state index in [1.165, 1.54) is 0 Å². The zero-order chi connectivity index (χ0) is 15.0. The second kappa shape index (κ2) is 8.79. The van der Waals surface area contributed by atoms with E-state index in [1.807, 2.05) is 7.05 Å². The lowest BCUT2D eigenvalue weighted by Gasteiger charge is -2.16. The van der Waals surface area contributed by atoms with E-state index < -0.39 is 0 Å². The predicted octanol–water partition coefficient (Wildman–Crippen LogP) is 2.22. The Bertz CT molecular complexity index is 440. The number of anilines is 2. The van der Waals surface area contributed by atoms with Crippen molar-refractivity contribution in [3.8, 4) is 0 Å². The number of benzene rings is 1. The monoisotopic (exact) mass is 299 g/mol. The highest BCUT2D eigenvalue weighted by molar-refractivity contribution is 6.31. The minimum absolute atomic E-state index is 0.0717. The number of hydrogen-bond acceptors (Lipinski definition) is 4. The van der Waals surface area contributed by atoms with Gasteiger partial charge in [-0.15, -0.1) is 0 Å². The molecule has 0 aromatic heterocycles. The van der Waals surface area contributed by atoms with Crippen molar-refractivity contribution in [2.75, 3.05) is 44.9 Å². The van der Waals surface area contributed by atoms with Crippen LogP contribution in [0.25, 0.3) is 0 Å². The molecule has 112 valence electrons. The normalized spacial score (nSPS) is 10.8. The summed E-state index contributed by atoms with van der Waals surface area (Å²) < 4.78 is 4.99. The van der Waals surface area contributed by atoms with Crippen molar-refractivity contribution in [1.82, 2.24) is 4.90 Å². The van der Waals surface area contributed by atoms with Crippen LogP contribution in [0.4, 0.5) is 11.4 Å². The highest BCUT2D eigenvalue weighted by atomic mass is 35.5. The molecule has 0 radical (unpaired) electrons. The third-order valence-corrected chi connectivity index (χ3v) is 3.13. The van der Waals surface area contributed by atoms with Crippen LogP contribution in [0.15, 0.2) is 18.2 Å². The molecule has 0 spiro atoms. The summed E-state index contributed by atoms with van der Waals surface area (Å²) in [4.78, 5) is 13.9. The van der Waals surface area contributed by atoms with Gasteiger partial charge in [0.1, 0.15) is 0 Å². The van der Waals surface area contributed by atoms with Crippen molar-refractivity contribution in [3.05, 3.63) is 23.2 Å². The molecule has 1 aromatic carbocycles. The van der Waals surface area contributed by atoms with Gasteiger partial charge in [0.15, 0.2) is 0 Å². The molecule has 0 fully saturated rings. The lowest BCUT2D eigenvalue weighted by Crippen LogP contribution is -2.26. The van der Waals surface area contributed by atoms with Gasteiger partial charge in [-0.3, -0.25) is 4.79 Å². The molecular formula is C14H22ClN3O2. The van der Waals surface area contributed by atoms with E-state index in [4.69, 9.17) is 22.1 Å². The molecule has 0 unspecified atom stereocenters. The van der Waals surface area contributed by atoms with Gasteiger partial charge >= 0.3 is 0 Å². The number of nitrogens with two attached hydrogens (primary N) is 1. The van der Waals surface area contributed by atoms with E-state index in [-0.39, 0.29) is 5.91 Å². The van der Waals surface area contributed by atoms with Gasteiger partial charge in [-0.25, -0.2) is 0 Å². The highest BCUT2D eigenvalue weighted by Crippen LogP contribution is 2.22. The summed E-state index contributed by atoms with van der Waals surface area (Å²) in [5, 5.41) is 3.32. The van der Waals surface area contributed by atoms with Crippen molar-refractivity contribution >= 4 is 28.9 Å². The molecule has 1 rings (SSSR count). The number of halogens is 1. The molecule has 0 aliphatic carbocycles. The lowest BCUT2D eigenvalue weighted by molar-refractivity contribution is -0.116. The first-order chi connectivity index (χ1) is 9.52. The Morgan fingerprint density at radius 2 is 2.20 bits per heavy atom. The number of nitrogens with one attached hydrogen (secondary N) is 1. The van der Waals surface area contributed by atoms with Gasteiger partial charge in [-0.1, -0.05) is 11.6 Å². The molecule has 3 N–H and O–H groups in total. The molecule has 0 aliphatic heterocycles. The van der Waals surface area contributed by atoms with Gasteiger partial charge in [0.05, 0.1) is 11.4 Å². The minimum Gasteiger partial charge on any atom is -0.397 e. The minimum atomic E-state index is -0.0717. The molecule has 0 bridgehead atoms. The molecule has 20 heavy (non-hydrogen) atoms. The zero-order valence-electron chi connectivity index (χ0n) is 12.0. The molecule has 0 saturated carbocycles. The van der Waals surface area contributed by atoms with Crippen LogP contribution in [0.2, 0.25) is 5.02 Å². The Kier molecular flexibility index (Phi) is 7.36. The van der Waals surface area contributed by atoms with Crippen molar-refractivity contribution in [2.24, 2.45) is 0 Å². The Morgan fingerprint density at radius 1 is 1.45 bits per heavy atom. The number of amides is 1. The number of nitrogens with zero attached hydrogens (tertiary/aromatic N) is 1. The summed E-state index contributed by atoms with van der Waals surface area (Å²) in [6.07, 6.45) is 1.37. The molecule has 0 saturated heterocycles. The van der Waals surface area contributed by atoms with Gasteiger partial charge in [0, 0.05) is 38.2 Å². The zero-order valence-corrected chi connectivity index (χ0v) is 12.7. The standard InChI is InChI=1S/C14H22ClN3O2/c1-18(7-3-9-20-2)8-6-14(19)17-13-10-11(15)4-5-12(13)16/h4-5,10H,3,6-9,16H2,1-2H3,(H,17,19). The summed E-state index contributed by atoms with van der Waals surface area (Å²) >= 11 is 5.87. The maximum Gasteiger partial charge on any atom is 0.225 e. The molecule has 0 aliphatic rings. The molecule has 1 amide bonds. The van der Waals surface area contributed by atoms with Gasteiger partial charge in [-0.2, -0.15) is 0 Å². The average Bonchev–Trinajstić information content (AvgIpc) is 2.41. The van der Waals surface area contributed by atoms with Crippen molar-refractivity contribution in [2.45, 2.75) is 12.8 Å². The fourth-order valence-corrected chi connectivity index (χ4v) is 1.90. The van der Waals surface area contributed by atoms with Gasteiger partial charge in [-0.05, 0) is 31.7 Å². The molecule has 0 atom stereocenters. The largest absolute Gasteiger partial charge is 0.397 e. The number of hydrogen-bond donors (Lipinski definition) is 2. The average molecular weight is 300 g/mol. The summed E-state index contributed by atoms with van der Waals surface area (Å²) in [5.74, 6) is -0.0717. The van der Waals surface area contributed by atoms with Crippen LogP contribution in [-0.4, -0.2) is 44.7 Å². The molecular weight excluding hydrogens is 278 g/mol. The van der Waals surface area contributed by atoms with Gasteiger partial charge in [0.2, 0.25) is 5.91 Å². The van der Waals surface area contributed by atoms with Crippen molar-refractivity contribution < 1.29 is 9.53 Å². The van der Waals surface area contributed by atoms with Crippen molar-refractivity contribution in [1.29, 1.82) is 0 Å². The third kappa shape index (κ3) is 6.23. The van der Waals surface area contributed by atoms with E-state index in [1.54, 1.807) is 25.3 Å². The van der Waals surface area contributed by atoms with Crippen LogP contribution in [0, 0.1) is 0 Å². The van der Waals surface area contributed by atoms with Crippen LogP contribution >= 0.6 is 11.6 Å². The lowest BCUT2D eigenvalue weighted by atomic mass is 10.2. The molecule has 5 nitrogen and oxygen atoms in total. The molecule has 6 heteroatoms. The summed E-state index contributed by atoms with van der Waals surface area (Å²) in [5.41, 5.74) is 6.85. The quantitative estimate of drug-likeness (QED) is 0.570. The SMILES string of the molecule is COCCCN(C)CCC(=O)Nc1cc(Cl)ccc1N. The van der Waals surface area contributed by atoms with E-state index in [0.717, 1.165) is 19.6 Å². The van der Waals surface area contributed by atoms with Gasteiger partial charge in [0.25, 0.3) is 0 Å². The Hall–Kier alpha value is -1.30. The van der Waals surface area contributed by atoms with Gasteiger partial charge < -0.3 is 20.7 Å². The first kappa shape index (κ1) is 16.8. The topological polar surface area (TPSA) is 67.6 Å². The Balaban J connectivity index is 2.34. The first-order valence-electron chi connectivity index (χ1n) is 6.55. The van der Waals surface area contributed by atoms with E-state index >= 15 is 0 Å². The number of carbonyl (C=O) groups excluding carboxylic acids is 1. The second-order valence-electron chi connectivity index (χ2n) is 4.68. The summed E-state index contributed by atoms with van der Waals surface area (Å²) in [6.45, 7) is 2.33. The van der Waals surface area contributed by atoms with Crippen LogP contribution < -0.4 is 11.1 Å². The van der Waals surface area contributed by atoms with E-state index in [9.17, 15) is 4.79 Å². The molecule has 0 heterocycles. The third-order valence-electron chi connectivity index (χ3n) is 2.90. The summed E-state index contributed by atoms with van der Waals surface area (Å²) in [6, 6.07) is 5.02. The van der Waals surface area contributed by atoms with Crippen LogP contribution in [0.1, 0.15) is 12.8 Å². The number of methoxy groups -OCH3 is 1. The fourth-order valence-electron chi connectivity index (χ4n) is 1.73. The number of ether oxygens (including phenoxy) is 1.